The van der Waals surface area contributed by atoms with Crippen LogP contribution >= 0.6 is 11.6 Å². The van der Waals surface area contributed by atoms with Crippen molar-refractivity contribution in [3.05, 3.63) is 64.7 Å². The van der Waals surface area contributed by atoms with E-state index in [-0.39, 0.29) is 0 Å². The molecule has 0 fully saturated rings. The fourth-order valence-electron chi connectivity index (χ4n) is 2.50. The van der Waals surface area contributed by atoms with Crippen molar-refractivity contribution >= 4 is 11.6 Å². The number of likely N-dealkylation sites (N-methyl/N-ethyl adjacent to an activating group) is 1. The minimum Gasteiger partial charge on any atom is -0.489 e. The Morgan fingerprint density at radius 3 is 2.46 bits per heavy atom. The minimum atomic E-state index is 0.552. The molecule has 24 heavy (non-hydrogen) atoms. The number of ether oxygens (including phenoxy) is 1. The molecule has 0 unspecified atom stereocenters. The Hall–Kier alpha value is -1.55. The molecule has 0 heterocycles. The minimum absolute atomic E-state index is 0.552. The molecule has 0 saturated carbocycles. The molecule has 0 aliphatic rings. The molecule has 130 valence electrons. The summed E-state index contributed by atoms with van der Waals surface area (Å²) in [5, 5.41) is 4.24. The highest BCUT2D eigenvalue weighted by Crippen LogP contribution is 2.16. The van der Waals surface area contributed by atoms with Crippen LogP contribution in [0.3, 0.4) is 0 Å². The Bertz CT molecular complexity index is 597. The first kappa shape index (κ1) is 18.8. The second kappa shape index (κ2) is 10.3. The molecule has 0 aliphatic heterocycles. The molecule has 0 bridgehead atoms. The fourth-order valence-corrected chi connectivity index (χ4v) is 2.63. The molecule has 0 aromatic heterocycles. The largest absolute Gasteiger partial charge is 0.489 e. The number of nitrogens with zero attached hydrogens (tertiary/aromatic N) is 1. The van der Waals surface area contributed by atoms with E-state index in [0.29, 0.717) is 6.61 Å². The SMILES string of the molecule is CCN(CC)CCNCc1cccc(OCc2ccc(Cl)cc2)c1. The van der Waals surface area contributed by atoms with Crippen LogP contribution in [0.2, 0.25) is 5.02 Å². The number of rotatable bonds is 10. The van der Waals surface area contributed by atoms with Crippen LogP contribution in [0.25, 0.3) is 0 Å². The molecule has 2 aromatic carbocycles. The van der Waals surface area contributed by atoms with E-state index in [2.05, 4.69) is 36.2 Å². The maximum atomic E-state index is 5.90. The zero-order chi connectivity index (χ0) is 17.2. The molecule has 3 nitrogen and oxygen atoms in total. The average Bonchev–Trinajstić information content (AvgIpc) is 2.62. The van der Waals surface area contributed by atoms with E-state index in [4.69, 9.17) is 16.3 Å². The van der Waals surface area contributed by atoms with Crippen LogP contribution in [0, 0.1) is 0 Å². The van der Waals surface area contributed by atoms with E-state index in [1.165, 1.54) is 5.56 Å². The summed E-state index contributed by atoms with van der Waals surface area (Å²) >= 11 is 5.90. The van der Waals surface area contributed by atoms with E-state index < -0.39 is 0 Å². The zero-order valence-corrected chi connectivity index (χ0v) is 15.4. The smallest absolute Gasteiger partial charge is 0.120 e. The molecule has 0 atom stereocenters. The van der Waals surface area contributed by atoms with Crippen LogP contribution in [0.1, 0.15) is 25.0 Å². The Kier molecular flexibility index (Phi) is 8.10. The summed E-state index contributed by atoms with van der Waals surface area (Å²) in [6.45, 7) is 10.1. The summed E-state index contributed by atoms with van der Waals surface area (Å²) in [7, 11) is 0. The third kappa shape index (κ3) is 6.52. The lowest BCUT2D eigenvalue weighted by molar-refractivity contribution is 0.301. The summed E-state index contributed by atoms with van der Waals surface area (Å²) in [5.41, 5.74) is 2.35. The van der Waals surface area contributed by atoms with Crippen LogP contribution < -0.4 is 10.1 Å². The van der Waals surface area contributed by atoms with Gasteiger partial charge in [0, 0.05) is 24.7 Å². The third-order valence-electron chi connectivity index (χ3n) is 4.05. The molecule has 1 N–H and O–H groups in total. The van der Waals surface area contributed by atoms with Gasteiger partial charge in [0.1, 0.15) is 12.4 Å². The maximum absolute atomic E-state index is 5.90. The van der Waals surface area contributed by atoms with Crippen molar-refractivity contribution in [3.63, 3.8) is 0 Å². The molecular formula is C20H27ClN2O. The average molecular weight is 347 g/mol. The molecule has 2 rings (SSSR count). The van der Waals surface area contributed by atoms with Gasteiger partial charge in [-0.15, -0.1) is 0 Å². The van der Waals surface area contributed by atoms with E-state index in [1.807, 2.05) is 36.4 Å². The first-order valence-corrected chi connectivity index (χ1v) is 8.98. The highest BCUT2D eigenvalue weighted by Gasteiger charge is 2.01. The summed E-state index contributed by atoms with van der Waals surface area (Å²) in [4.78, 5) is 2.42. The predicted molar refractivity (Wildman–Crippen MR) is 102 cm³/mol. The van der Waals surface area contributed by atoms with Crippen molar-refractivity contribution in [1.82, 2.24) is 10.2 Å². The van der Waals surface area contributed by atoms with Gasteiger partial charge in [-0.1, -0.05) is 49.7 Å². The van der Waals surface area contributed by atoms with Crippen molar-refractivity contribution in [3.8, 4) is 5.75 Å². The van der Waals surface area contributed by atoms with Crippen LogP contribution in [0.5, 0.6) is 5.75 Å². The van der Waals surface area contributed by atoms with E-state index >= 15 is 0 Å². The first-order chi connectivity index (χ1) is 11.7. The number of benzene rings is 2. The fraction of sp³-hybridized carbons (Fsp3) is 0.400. The van der Waals surface area contributed by atoms with Gasteiger partial charge in [-0.05, 0) is 48.5 Å². The van der Waals surface area contributed by atoms with Crippen molar-refractivity contribution < 1.29 is 4.74 Å². The van der Waals surface area contributed by atoms with Gasteiger partial charge in [0.2, 0.25) is 0 Å². The lowest BCUT2D eigenvalue weighted by atomic mass is 10.2. The quantitative estimate of drug-likeness (QED) is 0.647. The topological polar surface area (TPSA) is 24.5 Å². The van der Waals surface area contributed by atoms with Gasteiger partial charge in [0.25, 0.3) is 0 Å². The summed E-state index contributed by atoms with van der Waals surface area (Å²) in [6, 6.07) is 16.0. The van der Waals surface area contributed by atoms with Crippen LogP contribution in [0.15, 0.2) is 48.5 Å². The summed E-state index contributed by atoms with van der Waals surface area (Å²) in [5.74, 6) is 0.896. The molecule has 0 aliphatic carbocycles. The first-order valence-electron chi connectivity index (χ1n) is 8.60. The van der Waals surface area contributed by atoms with Crippen molar-refractivity contribution in [2.75, 3.05) is 26.2 Å². The number of halogens is 1. The van der Waals surface area contributed by atoms with Gasteiger partial charge < -0.3 is 15.0 Å². The second-order valence-corrected chi connectivity index (χ2v) is 6.20. The van der Waals surface area contributed by atoms with Crippen LogP contribution in [-0.4, -0.2) is 31.1 Å². The predicted octanol–water partition coefficient (Wildman–Crippen LogP) is 4.35. The summed E-state index contributed by atoms with van der Waals surface area (Å²) in [6.07, 6.45) is 0. The Morgan fingerprint density at radius 1 is 1.00 bits per heavy atom. The van der Waals surface area contributed by atoms with E-state index in [1.54, 1.807) is 0 Å². The second-order valence-electron chi connectivity index (χ2n) is 5.77. The van der Waals surface area contributed by atoms with Crippen LogP contribution in [0.4, 0.5) is 0 Å². The normalized spacial score (nSPS) is 11.0. The Balaban J connectivity index is 1.77. The lowest BCUT2D eigenvalue weighted by Crippen LogP contribution is -2.31. The van der Waals surface area contributed by atoms with Crippen LogP contribution in [-0.2, 0) is 13.2 Å². The van der Waals surface area contributed by atoms with E-state index in [9.17, 15) is 0 Å². The van der Waals surface area contributed by atoms with Crippen molar-refractivity contribution in [2.45, 2.75) is 27.0 Å². The molecule has 4 heteroatoms. The Morgan fingerprint density at radius 2 is 1.75 bits per heavy atom. The summed E-state index contributed by atoms with van der Waals surface area (Å²) < 4.78 is 5.87. The zero-order valence-electron chi connectivity index (χ0n) is 14.6. The van der Waals surface area contributed by atoms with Gasteiger partial charge in [-0.3, -0.25) is 0 Å². The van der Waals surface area contributed by atoms with Gasteiger partial charge in [-0.2, -0.15) is 0 Å². The highest BCUT2D eigenvalue weighted by molar-refractivity contribution is 6.30. The van der Waals surface area contributed by atoms with Gasteiger partial charge in [0.15, 0.2) is 0 Å². The number of nitrogens with one attached hydrogen (secondary N) is 1. The lowest BCUT2D eigenvalue weighted by Gasteiger charge is -2.18. The van der Waals surface area contributed by atoms with Gasteiger partial charge in [0.05, 0.1) is 0 Å². The van der Waals surface area contributed by atoms with Crippen molar-refractivity contribution in [2.24, 2.45) is 0 Å². The van der Waals surface area contributed by atoms with Gasteiger partial charge >= 0.3 is 0 Å². The van der Waals surface area contributed by atoms with Crippen molar-refractivity contribution in [1.29, 1.82) is 0 Å². The standard InChI is InChI=1S/C20H27ClN2O/c1-3-23(4-2)13-12-22-15-18-6-5-7-20(14-18)24-16-17-8-10-19(21)11-9-17/h5-11,14,22H,3-4,12-13,15-16H2,1-2H3. The van der Waals surface area contributed by atoms with E-state index in [0.717, 1.165) is 49.1 Å². The Labute approximate surface area is 150 Å². The molecule has 0 saturated heterocycles. The monoisotopic (exact) mass is 346 g/mol. The maximum Gasteiger partial charge on any atom is 0.120 e. The number of hydrogen-bond acceptors (Lipinski definition) is 3. The molecule has 0 amide bonds. The third-order valence-corrected chi connectivity index (χ3v) is 4.30. The highest BCUT2D eigenvalue weighted by atomic mass is 35.5. The van der Waals surface area contributed by atoms with Gasteiger partial charge in [-0.25, -0.2) is 0 Å². The molecule has 2 aromatic rings. The molecule has 0 radical (unpaired) electrons. The molecule has 0 spiro atoms. The number of hydrogen-bond donors (Lipinski definition) is 1. The molecular weight excluding hydrogens is 320 g/mol.